The van der Waals surface area contributed by atoms with Crippen LogP contribution in [0.3, 0.4) is 0 Å². The van der Waals surface area contributed by atoms with Crippen LogP contribution in [0.15, 0.2) is 29.1 Å². The summed E-state index contributed by atoms with van der Waals surface area (Å²) >= 11 is 0. The number of nitrogens with one attached hydrogen (secondary N) is 3. The van der Waals surface area contributed by atoms with E-state index in [9.17, 15) is 9.59 Å². The minimum absolute atomic E-state index is 0.173. The van der Waals surface area contributed by atoms with Crippen molar-refractivity contribution in [3.8, 4) is 0 Å². The third kappa shape index (κ3) is 3.48. The first-order valence-electron chi connectivity index (χ1n) is 7.73. The summed E-state index contributed by atoms with van der Waals surface area (Å²) in [5.41, 5.74) is 0.416. The quantitative estimate of drug-likeness (QED) is 0.660. The van der Waals surface area contributed by atoms with Gasteiger partial charge in [0.05, 0.1) is 10.9 Å². The number of nitrogens with zero attached hydrogens (tertiary/aromatic N) is 3. The molecule has 0 saturated heterocycles. The van der Waals surface area contributed by atoms with Gasteiger partial charge in [0.1, 0.15) is 11.6 Å². The van der Waals surface area contributed by atoms with E-state index in [-0.39, 0.29) is 29.8 Å². The molecular formula is C16H18N6O2. The maximum absolute atomic E-state index is 12.0. The average Bonchev–Trinajstić information content (AvgIpc) is 3.02. The summed E-state index contributed by atoms with van der Waals surface area (Å²) in [5, 5.41) is 9.88. The Labute approximate surface area is 137 Å². The van der Waals surface area contributed by atoms with Crippen LogP contribution in [0.2, 0.25) is 0 Å². The van der Waals surface area contributed by atoms with Crippen LogP contribution >= 0.6 is 0 Å². The van der Waals surface area contributed by atoms with Gasteiger partial charge in [0.2, 0.25) is 11.9 Å². The number of hydrogen-bond donors (Lipinski definition) is 3. The molecule has 2 heterocycles. The summed E-state index contributed by atoms with van der Waals surface area (Å²) in [6, 6.07) is 7.10. The highest BCUT2D eigenvalue weighted by atomic mass is 16.1. The molecule has 0 spiro atoms. The number of benzene rings is 1. The van der Waals surface area contributed by atoms with E-state index in [1.54, 1.807) is 18.2 Å². The van der Waals surface area contributed by atoms with Gasteiger partial charge in [0, 0.05) is 18.8 Å². The molecule has 24 heavy (non-hydrogen) atoms. The van der Waals surface area contributed by atoms with Gasteiger partial charge in [-0.3, -0.25) is 20.0 Å². The van der Waals surface area contributed by atoms with Crippen LogP contribution in [0, 0.1) is 0 Å². The number of carbonyl (C=O) groups excluding carboxylic acids is 1. The number of fused-ring (bicyclic) bond motifs is 1. The largest absolute Gasteiger partial charge is 0.310 e. The van der Waals surface area contributed by atoms with Gasteiger partial charge in [-0.25, -0.2) is 4.98 Å². The van der Waals surface area contributed by atoms with Crippen molar-refractivity contribution in [2.45, 2.75) is 32.6 Å². The molecule has 0 aliphatic carbocycles. The molecule has 124 valence electrons. The lowest BCUT2D eigenvalue weighted by Gasteiger charge is -2.03. The van der Waals surface area contributed by atoms with Gasteiger partial charge >= 0.3 is 0 Å². The monoisotopic (exact) mass is 326 g/mol. The minimum Gasteiger partial charge on any atom is -0.310 e. The maximum atomic E-state index is 12.0. The van der Waals surface area contributed by atoms with Crippen LogP contribution in [0.25, 0.3) is 10.9 Å². The normalized spacial score (nSPS) is 11.1. The van der Waals surface area contributed by atoms with Crippen molar-refractivity contribution in [3.05, 3.63) is 46.3 Å². The summed E-state index contributed by atoms with van der Waals surface area (Å²) in [6.07, 6.45) is 0.500. The van der Waals surface area contributed by atoms with Gasteiger partial charge in [0.25, 0.3) is 5.56 Å². The van der Waals surface area contributed by atoms with Crippen molar-refractivity contribution < 1.29 is 4.79 Å². The van der Waals surface area contributed by atoms with Crippen LogP contribution in [0.4, 0.5) is 5.95 Å². The van der Waals surface area contributed by atoms with Crippen LogP contribution in [0.5, 0.6) is 0 Å². The Bertz CT molecular complexity index is 927. The zero-order valence-electron chi connectivity index (χ0n) is 13.5. The molecule has 0 bridgehead atoms. The second-order valence-corrected chi connectivity index (χ2v) is 5.78. The number of amides is 1. The number of para-hydroxylation sites is 1. The number of aromatic nitrogens is 5. The fourth-order valence-corrected chi connectivity index (χ4v) is 2.26. The molecule has 1 amide bonds. The summed E-state index contributed by atoms with van der Waals surface area (Å²) in [6.45, 7) is 3.96. The van der Waals surface area contributed by atoms with Crippen LogP contribution in [-0.2, 0) is 11.2 Å². The molecule has 8 nitrogen and oxygen atoms in total. The van der Waals surface area contributed by atoms with Gasteiger partial charge in [-0.15, -0.1) is 5.10 Å². The summed E-state index contributed by atoms with van der Waals surface area (Å²) < 4.78 is 0. The zero-order chi connectivity index (χ0) is 17.1. The molecule has 0 radical (unpaired) electrons. The predicted molar refractivity (Wildman–Crippen MR) is 89.8 cm³/mol. The second kappa shape index (κ2) is 6.61. The number of aryl methyl sites for hydroxylation is 1. The van der Waals surface area contributed by atoms with Crippen molar-refractivity contribution in [1.29, 1.82) is 0 Å². The van der Waals surface area contributed by atoms with Gasteiger partial charge in [-0.2, -0.15) is 4.98 Å². The summed E-state index contributed by atoms with van der Waals surface area (Å²) in [7, 11) is 0. The molecule has 1 aromatic carbocycles. The molecule has 0 aliphatic heterocycles. The number of carbonyl (C=O) groups is 1. The average molecular weight is 326 g/mol. The molecule has 2 aromatic heterocycles. The van der Waals surface area contributed by atoms with Gasteiger partial charge in [-0.1, -0.05) is 26.0 Å². The Morgan fingerprint density at radius 3 is 2.79 bits per heavy atom. The molecule has 0 saturated carbocycles. The van der Waals surface area contributed by atoms with E-state index >= 15 is 0 Å². The molecule has 3 N–H and O–H groups in total. The SMILES string of the molecule is CC(C)c1nc(NC(=O)CCc2nc3ccccc3c(=O)[nH]2)n[nH]1. The summed E-state index contributed by atoms with van der Waals surface area (Å²) in [5.74, 6) is 1.41. The number of aromatic amines is 2. The van der Waals surface area contributed by atoms with Crippen molar-refractivity contribution in [1.82, 2.24) is 25.1 Å². The highest BCUT2D eigenvalue weighted by Gasteiger charge is 2.11. The molecule has 0 unspecified atom stereocenters. The molecule has 3 aromatic rings. The Morgan fingerprint density at radius 2 is 2.04 bits per heavy atom. The third-order valence-corrected chi connectivity index (χ3v) is 3.55. The molecule has 3 rings (SSSR count). The topological polar surface area (TPSA) is 116 Å². The number of H-pyrrole nitrogens is 2. The van der Waals surface area contributed by atoms with E-state index in [1.165, 1.54) is 0 Å². The van der Waals surface area contributed by atoms with Crippen LogP contribution in [-0.4, -0.2) is 31.1 Å². The van der Waals surface area contributed by atoms with E-state index in [4.69, 9.17) is 0 Å². The number of hydrogen-bond acceptors (Lipinski definition) is 5. The van der Waals surface area contributed by atoms with E-state index in [0.717, 1.165) is 0 Å². The Hall–Kier alpha value is -3.03. The van der Waals surface area contributed by atoms with E-state index < -0.39 is 0 Å². The first-order valence-corrected chi connectivity index (χ1v) is 7.73. The number of rotatable bonds is 5. The van der Waals surface area contributed by atoms with Crippen molar-refractivity contribution in [3.63, 3.8) is 0 Å². The lowest BCUT2D eigenvalue weighted by atomic mass is 10.2. The highest BCUT2D eigenvalue weighted by Crippen LogP contribution is 2.10. The molecule has 0 atom stereocenters. The smallest absolute Gasteiger partial charge is 0.258 e. The Morgan fingerprint density at radius 1 is 1.25 bits per heavy atom. The lowest BCUT2D eigenvalue weighted by molar-refractivity contribution is -0.116. The van der Waals surface area contributed by atoms with E-state index in [2.05, 4.69) is 30.5 Å². The van der Waals surface area contributed by atoms with E-state index in [0.29, 0.717) is 29.0 Å². The molecule has 8 heteroatoms. The number of anilines is 1. The zero-order valence-corrected chi connectivity index (χ0v) is 13.5. The van der Waals surface area contributed by atoms with E-state index in [1.807, 2.05) is 19.9 Å². The Kier molecular flexibility index (Phi) is 4.37. The molecular weight excluding hydrogens is 308 g/mol. The van der Waals surface area contributed by atoms with Crippen molar-refractivity contribution >= 4 is 22.8 Å². The standard InChI is InChI=1S/C16H18N6O2/c1-9(2)14-20-16(22-21-14)19-13(23)8-7-12-17-11-6-4-3-5-10(11)15(24)18-12/h3-6,9H,7-8H2,1-2H3,(H,17,18,24)(H2,19,20,21,22,23). The first-order chi connectivity index (χ1) is 11.5. The maximum Gasteiger partial charge on any atom is 0.258 e. The van der Waals surface area contributed by atoms with Crippen molar-refractivity contribution in [2.24, 2.45) is 0 Å². The summed E-state index contributed by atoms with van der Waals surface area (Å²) in [4.78, 5) is 35.2. The van der Waals surface area contributed by atoms with Gasteiger partial charge < -0.3 is 4.98 Å². The van der Waals surface area contributed by atoms with Gasteiger partial charge in [-0.05, 0) is 12.1 Å². The third-order valence-electron chi connectivity index (χ3n) is 3.55. The van der Waals surface area contributed by atoms with Gasteiger partial charge in [0.15, 0.2) is 0 Å². The lowest BCUT2D eigenvalue weighted by Crippen LogP contribution is -2.16. The molecule has 0 aliphatic rings. The minimum atomic E-state index is -0.236. The fraction of sp³-hybridized carbons (Fsp3) is 0.312. The first kappa shape index (κ1) is 15.9. The highest BCUT2D eigenvalue weighted by molar-refractivity contribution is 5.89. The fourth-order valence-electron chi connectivity index (χ4n) is 2.26. The second-order valence-electron chi connectivity index (χ2n) is 5.78. The van der Waals surface area contributed by atoms with Crippen LogP contribution < -0.4 is 10.9 Å². The predicted octanol–water partition coefficient (Wildman–Crippen LogP) is 1.74. The Balaban J connectivity index is 1.64. The van der Waals surface area contributed by atoms with Crippen molar-refractivity contribution in [2.75, 3.05) is 5.32 Å². The molecule has 0 fully saturated rings. The van der Waals surface area contributed by atoms with Crippen LogP contribution in [0.1, 0.15) is 37.8 Å².